The Labute approximate surface area is 163 Å². The molecule has 28 heavy (non-hydrogen) atoms. The van der Waals surface area contributed by atoms with Crippen LogP contribution in [0, 0.1) is 6.92 Å². The Morgan fingerprint density at radius 3 is 2.93 bits per heavy atom. The number of likely N-dealkylation sites (tertiary alicyclic amines) is 1. The molecule has 1 fully saturated rings. The van der Waals surface area contributed by atoms with Crippen LogP contribution >= 0.6 is 0 Å². The van der Waals surface area contributed by atoms with Gasteiger partial charge in [0.1, 0.15) is 23.2 Å². The van der Waals surface area contributed by atoms with Crippen LogP contribution in [-0.4, -0.2) is 39.4 Å². The molecule has 0 radical (unpaired) electrons. The lowest BCUT2D eigenvalue weighted by atomic mass is 10.1. The van der Waals surface area contributed by atoms with Crippen molar-refractivity contribution in [3.8, 4) is 5.75 Å². The standard InChI is InChI=1S/C21H22N4O3/c1-14-11-23-18(13-22-14)21(26)25-8-4-7-19(25)20-24-12-17(28-20)10-15-5-3-6-16(9-15)27-2/h3,5-6,9,11-13,19H,4,7-8,10H2,1-2H3. The number of hydrogen-bond acceptors (Lipinski definition) is 6. The van der Waals surface area contributed by atoms with Crippen molar-refractivity contribution in [2.75, 3.05) is 13.7 Å². The van der Waals surface area contributed by atoms with E-state index in [0.717, 1.165) is 35.6 Å². The predicted molar refractivity (Wildman–Crippen MR) is 102 cm³/mol. The number of rotatable bonds is 5. The van der Waals surface area contributed by atoms with Crippen LogP contribution in [0.1, 0.15) is 52.3 Å². The number of carbonyl (C=O) groups excluding carboxylic acids is 1. The number of nitrogens with zero attached hydrogens (tertiary/aromatic N) is 4. The first kappa shape index (κ1) is 18.2. The zero-order valence-electron chi connectivity index (χ0n) is 16.0. The van der Waals surface area contributed by atoms with E-state index in [1.165, 1.54) is 6.20 Å². The van der Waals surface area contributed by atoms with Gasteiger partial charge in [0.25, 0.3) is 5.91 Å². The molecule has 4 rings (SSSR count). The highest BCUT2D eigenvalue weighted by Gasteiger charge is 2.34. The molecule has 0 aliphatic carbocycles. The summed E-state index contributed by atoms with van der Waals surface area (Å²) in [7, 11) is 1.65. The van der Waals surface area contributed by atoms with Crippen molar-refractivity contribution < 1.29 is 13.9 Å². The van der Waals surface area contributed by atoms with Gasteiger partial charge in [0, 0.05) is 19.2 Å². The van der Waals surface area contributed by atoms with Gasteiger partial charge in [0.05, 0.1) is 25.2 Å². The Hall–Kier alpha value is -3.22. The fourth-order valence-electron chi connectivity index (χ4n) is 3.46. The fourth-order valence-corrected chi connectivity index (χ4v) is 3.46. The van der Waals surface area contributed by atoms with Gasteiger partial charge in [-0.15, -0.1) is 0 Å². The van der Waals surface area contributed by atoms with E-state index in [-0.39, 0.29) is 11.9 Å². The molecule has 144 valence electrons. The summed E-state index contributed by atoms with van der Waals surface area (Å²) in [6.07, 6.45) is 7.22. The van der Waals surface area contributed by atoms with E-state index in [0.29, 0.717) is 24.6 Å². The maximum atomic E-state index is 12.9. The number of methoxy groups -OCH3 is 1. The van der Waals surface area contributed by atoms with Gasteiger partial charge in [0.2, 0.25) is 5.89 Å². The molecule has 1 aliphatic heterocycles. The Morgan fingerprint density at radius 2 is 2.14 bits per heavy atom. The van der Waals surface area contributed by atoms with Gasteiger partial charge in [-0.25, -0.2) is 9.97 Å². The van der Waals surface area contributed by atoms with Crippen molar-refractivity contribution in [1.29, 1.82) is 0 Å². The fraction of sp³-hybridized carbons (Fsp3) is 0.333. The van der Waals surface area contributed by atoms with Crippen LogP contribution < -0.4 is 4.74 Å². The van der Waals surface area contributed by atoms with E-state index >= 15 is 0 Å². The Bertz CT molecular complexity index is 968. The monoisotopic (exact) mass is 378 g/mol. The molecule has 0 bridgehead atoms. The first-order chi connectivity index (χ1) is 13.6. The third-order valence-electron chi connectivity index (χ3n) is 4.88. The second-order valence-corrected chi connectivity index (χ2v) is 6.89. The summed E-state index contributed by atoms with van der Waals surface area (Å²) in [5.41, 5.74) is 2.21. The summed E-state index contributed by atoms with van der Waals surface area (Å²) in [5, 5.41) is 0. The number of benzene rings is 1. The van der Waals surface area contributed by atoms with Crippen LogP contribution in [0.3, 0.4) is 0 Å². The molecule has 1 saturated heterocycles. The quantitative estimate of drug-likeness (QED) is 0.677. The molecular weight excluding hydrogens is 356 g/mol. The molecule has 0 N–H and O–H groups in total. The molecule has 0 spiro atoms. The van der Waals surface area contributed by atoms with E-state index in [9.17, 15) is 4.79 Å². The van der Waals surface area contributed by atoms with Crippen LogP contribution in [0.25, 0.3) is 0 Å². The van der Waals surface area contributed by atoms with E-state index < -0.39 is 0 Å². The lowest BCUT2D eigenvalue weighted by Gasteiger charge is -2.21. The van der Waals surface area contributed by atoms with Crippen molar-refractivity contribution in [1.82, 2.24) is 19.9 Å². The minimum Gasteiger partial charge on any atom is -0.497 e. The third kappa shape index (κ3) is 3.74. The smallest absolute Gasteiger partial charge is 0.274 e. The SMILES string of the molecule is COc1cccc(Cc2cnc(C3CCCN3C(=O)c3cnc(C)cn3)o2)c1. The lowest BCUT2D eigenvalue weighted by molar-refractivity contribution is 0.0708. The number of ether oxygens (including phenoxy) is 1. The third-order valence-corrected chi connectivity index (χ3v) is 4.88. The van der Waals surface area contributed by atoms with Crippen LogP contribution in [0.15, 0.2) is 47.3 Å². The van der Waals surface area contributed by atoms with Crippen LogP contribution in [0.2, 0.25) is 0 Å². The normalized spacial score (nSPS) is 16.4. The number of oxazole rings is 1. The van der Waals surface area contributed by atoms with Gasteiger partial charge in [0.15, 0.2) is 0 Å². The maximum absolute atomic E-state index is 12.9. The molecule has 1 atom stereocenters. The van der Waals surface area contributed by atoms with Gasteiger partial charge in [-0.2, -0.15) is 0 Å². The van der Waals surface area contributed by atoms with Crippen LogP contribution in [0.4, 0.5) is 0 Å². The number of amides is 1. The molecule has 1 aliphatic rings. The van der Waals surface area contributed by atoms with Crippen LogP contribution in [0.5, 0.6) is 5.75 Å². The van der Waals surface area contributed by atoms with Crippen LogP contribution in [-0.2, 0) is 6.42 Å². The highest BCUT2D eigenvalue weighted by molar-refractivity contribution is 5.92. The molecule has 1 aromatic carbocycles. The largest absolute Gasteiger partial charge is 0.497 e. The average Bonchev–Trinajstić information content (AvgIpc) is 3.37. The van der Waals surface area contributed by atoms with E-state index in [1.54, 1.807) is 24.4 Å². The minimum absolute atomic E-state index is 0.137. The van der Waals surface area contributed by atoms with Gasteiger partial charge in [-0.05, 0) is 37.5 Å². The van der Waals surface area contributed by atoms with Crippen molar-refractivity contribution in [3.63, 3.8) is 0 Å². The summed E-state index contributed by atoms with van der Waals surface area (Å²) in [6.45, 7) is 2.50. The second kappa shape index (κ2) is 7.80. The molecule has 1 amide bonds. The minimum atomic E-state index is -0.172. The van der Waals surface area contributed by atoms with Crippen molar-refractivity contribution in [2.24, 2.45) is 0 Å². The Kier molecular flexibility index (Phi) is 5.06. The van der Waals surface area contributed by atoms with E-state index in [4.69, 9.17) is 9.15 Å². The molecule has 0 saturated carbocycles. The van der Waals surface area contributed by atoms with Gasteiger partial charge in [-0.3, -0.25) is 9.78 Å². The summed E-state index contributed by atoms with van der Waals surface area (Å²) in [5.74, 6) is 2.01. The summed E-state index contributed by atoms with van der Waals surface area (Å²) < 4.78 is 11.3. The number of aryl methyl sites for hydroxylation is 1. The van der Waals surface area contributed by atoms with Crippen molar-refractivity contribution >= 4 is 5.91 Å². The molecule has 3 heterocycles. The van der Waals surface area contributed by atoms with Gasteiger partial charge >= 0.3 is 0 Å². The van der Waals surface area contributed by atoms with E-state index in [1.807, 2.05) is 31.2 Å². The molecule has 3 aromatic rings. The number of aromatic nitrogens is 3. The van der Waals surface area contributed by atoms with Crippen molar-refractivity contribution in [3.05, 3.63) is 71.5 Å². The first-order valence-corrected chi connectivity index (χ1v) is 9.31. The lowest BCUT2D eigenvalue weighted by Crippen LogP contribution is -2.31. The molecule has 7 nitrogen and oxygen atoms in total. The number of carbonyl (C=O) groups is 1. The van der Waals surface area contributed by atoms with Gasteiger partial charge < -0.3 is 14.1 Å². The first-order valence-electron chi connectivity index (χ1n) is 9.31. The maximum Gasteiger partial charge on any atom is 0.274 e. The van der Waals surface area contributed by atoms with E-state index in [2.05, 4.69) is 15.0 Å². The summed E-state index contributed by atoms with van der Waals surface area (Å²) in [6, 6.07) is 7.68. The predicted octanol–water partition coefficient (Wildman–Crippen LogP) is 3.35. The second-order valence-electron chi connectivity index (χ2n) is 6.89. The zero-order valence-corrected chi connectivity index (χ0v) is 16.0. The highest BCUT2D eigenvalue weighted by atomic mass is 16.5. The topological polar surface area (TPSA) is 81.4 Å². The molecule has 7 heteroatoms. The summed E-state index contributed by atoms with van der Waals surface area (Å²) in [4.78, 5) is 27.5. The zero-order chi connectivity index (χ0) is 19.5. The molecule has 2 aromatic heterocycles. The molecule has 1 unspecified atom stereocenters. The summed E-state index contributed by atoms with van der Waals surface area (Å²) >= 11 is 0. The number of hydrogen-bond donors (Lipinski definition) is 0. The average molecular weight is 378 g/mol. The highest BCUT2D eigenvalue weighted by Crippen LogP contribution is 2.33. The Morgan fingerprint density at radius 1 is 1.25 bits per heavy atom. The van der Waals surface area contributed by atoms with Gasteiger partial charge in [-0.1, -0.05) is 12.1 Å². The molecular formula is C21H22N4O3. The van der Waals surface area contributed by atoms with Crippen molar-refractivity contribution in [2.45, 2.75) is 32.2 Å². The Balaban J connectivity index is 1.50.